The van der Waals surface area contributed by atoms with Crippen LogP contribution in [0.25, 0.3) is 6.08 Å². The van der Waals surface area contributed by atoms with Gasteiger partial charge < -0.3 is 4.74 Å². The zero-order chi connectivity index (χ0) is 12.0. The molecule has 0 unspecified atom stereocenters. The number of esters is 1. The van der Waals surface area contributed by atoms with Crippen molar-refractivity contribution in [1.82, 2.24) is 0 Å². The van der Waals surface area contributed by atoms with Gasteiger partial charge >= 0.3 is 5.97 Å². The molecule has 0 spiro atoms. The summed E-state index contributed by atoms with van der Waals surface area (Å²) in [6.45, 7) is 0. The zero-order valence-electron chi connectivity index (χ0n) is 8.74. The molecular formula is C12H10FNO2. The van der Waals surface area contributed by atoms with Gasteiger partial charge in [0.2, 0.25) is 0 Å². The molecule has 0 heterocycles. The van der Waals surface area contributed by atoms with E-state index in [0.29, 0.717) is 5.56 Å². The van der Waals surface area contributed by atoms with Gasteiger partial charge in [-0.15, -0.1) is 0 Å². The van der Waals surface area contributed by atoms with Crippen molar-refractivity contribution in [3.05, 3.63) is 41.2 Å². The SMILES string of the molecule is COC(=O)c1ccc(C=CCC#N)c(F)c1. The Morgan fingerprint density at radius 1 is 1.62 bits per heavy atom. The van der Waals surface area contributed by atoms with E-state index in [1.165, 1.54) is 25.3 Å². The summed E-state index contributed by atoms with van der Waals surface area (Å²) in [7, 11) is 1.24. The second-order valence-corrected chi connectivity index (χ2v) is 2.99. The number of hydrogen-bond acceptors (Lipinski definition) is 3. The third kappa shape index (κ3) is 2.92. The van der Waals surface area contributed by atoms with Crippen LogP contribution in [-0.2, 0) is 4.74 Å². The lowest BCUT2D eigenvalue weighted by Gasteiger charge is -2.01. The van der Waals surface area contributed by atoms with Crippen LogP contribution in [0.1, 0.15) is 22.3 Å². The number of nitrogens with zero attached hydrogens (tertiary/aromatic N) is 1. The maximum atomic E-state index is 13.4. The molecule has 1 rings (SSSR count). The third-order valence-corrected chi connectivity index (χ3v) is 1.93. The topological polar surface area (TPSA) is 50.1 Å². The number of carbonyl (C=O) groups is 1. The summed E-state index contributed by atoms with van der Waals surface area (Å²) in [6.07, 6.45) is 3.27. The van der Waals surface area contributed by atoms with E-state index in [1.807, 2.05) is 6.07 Å². The lowest BCUT2D eigenvalue weighted by molar-refractivity contribution is 0.0600. The first-order chi connectivity index (χ1) is 7.69. The fourth-order valence-electron chi connectivity index (χ4n) is 1.15. The predicted molar refractivity (Wildman–Crippen MR) is 57.0 cm³/mol. The van der Waals surface area contributed by atoms with Gasteiger partial charge in [0.05, 0.1) is 25.2 Å². The summed E-state index contributed by atoms with van der Waals surface area (Å²) in [5.41, 5.74) is 0.500. The molecule has 0 aromatic heterocycles. The molecule has 4 heteroatoms. The fraction of sp³-hybridized carbons (Fsp3) is 0.167. The van der Waals surface area contributed by atoms with Gasteiger partial charge in [0.25, 0.3) is 0 Å². The highest BCUT2D eigenvalue weighted by molar-refractivity contribution is 5.89. The lowest BCUT2D eigenvalue weighted by atomic mass is 10.1. The molecule has 1 aromatic rings. The Labute approximate surface area is 92.8 Å². The van der Waals surface area contributed by atoms with Gasteiger partial charge in [-0.3, -0.25) is 0 Å². The van der Waals surface area contributed by atoms with Crippen LogP contribution in [0.2, 0.25) is 0 Å². The molecule has 0 saturated heterocycles. The summed E-state index contributed by atoms with van der Waals surface area (Å²) in [4.78, 5) is 11.1. The average Bonchev–Trinajstić information content (AvgIpc) is 2.30. The quantitative estimate of drug-likeness (QED) is 0.734. The van der Waals surface area contributed by atoms with E-state index in [4.69, 9.17) is 5.26 Å². The highest BCUT2D eigenvalue weighted by Gasteiger charge is 2.07. The van der Waals surface area contributed by atoms with Crippen molar-refractivity contribution >= 4 is 12.0 Å². The highest BCUT2D eigenvalue weighted by Crippen LogP contribution is 2.13. The maximum absolute atomic E-state index is 13.4. The van der Waals surface area contributed by atoms with Crippen molar-refractivity contribution in [2.24, 2.45) is 0 Å². The van der Waals surface area contributed by atoms with E-state index in [0.717, 1.165) is 6.07 Å². The van der Waals surface area contributed by atoms with Gasteiger partial charge in [-0.2, -0.15) is 5.26 Å². The van der Waals surface area contributed by atoms with Crippen LogP contribution in [-0.4, -0.2) is 13.1 Å². The van der Waals surface area contributed by atoms with Gasteiger partial charge in [-0.1, -0.05) is 18.2 Å². The molecule has 0 amide bonds. The molecule has 0 aliphatic heterocycles. The molecule has 0 fully saturated rings. The van der Waals surface area contributed by atoms with Gasteiger partial charge in [0.1, 0.15) is 5.82 Å². The van der Waals surface area contributed by atoms with Gasteiger partial charge in [0, 0.05) is 5.56 Å². The molecule has 1 aromatic carbocycles. The van der Waals surface area contributed by atoms with E-state index in [1.54, 1.807) is 6.08 Å². The van der Waals surface area contributed by atoms with Gasteiger partial charge in [-0.25, -0.2) is 9.18 Å². The molecule has 16 heavy (non-hydrogen) atoms. The normalized spacial score (nSPS) is 10.1. The van der Waals surface area contributed by atoms with Crippen LogP contribution < -0.4 is 0 Å². The Kier molecular flexibility index (Phi) is 4.22. The summed E-state index contributed by atoms with van der Waals surface area (Å²) in [5, 5.41) is 8.31. The molecule has 0 N–H and O–H groups in total. The minimum Gasteiger partial charge on any atom is -0.465 e. The molecule has 0 saturated carbocycles. The molecule has 3 nitrogen and oxygen atoms in total. The molecule has 0 atom stereocenters. The number of hydrogen-bond donors (Lipinski definition) is 0. The molecule has 0 radical (unpaired) electrons. The third-order valence-electron chi connectivity index (χ3n) is 1.93. The first-order valence-corrected chi connectivity index (χ1v) is 4.60. The number of rotatable bonds is 3. The monoisotopic (exact) mass is 219 g/mol. The smallest absolute Gasteiger partial charge is 0.337 e. The minimum absolute atomic E-state index is 0.164. The number of carbonyl (C=O) groups excluding carboxylic acids is 1. The van der Waals surface area contributed by atoms with Crippen LogP contribution in [0.15, 0.2) is 24.3 Å². The largest absolute Gasteiger partial charge is 0.465 e. The van der Waals surface area contributed by atoms with Crippen LogP contribution >= 0.6 is 0 Å². The van der Waals surface area contributed by atoms with Crippen molar-refractivity contribution in [2.75, 3.05) is 7.11 Å². The van der Waals surface area contributed by atoms with Crippen LogP contribution in [0, 0.1) is 17.1 Å². The Bertz CT molecular complexity index is 461. The molecule has 0 aliphatic carbocycles. The first kappa shape index (κ1) is 11.9. The van der Waals surface area contributed by atoms with Crippen LogP contribution in [0.4, 0.5) is 4.39 Å². The van der Waals surface area contributed by atoms with Crippen molar-refractivity contribution in [3.63, 3.8) is 0 Å². The number of ether oxygens (including phenoxy) is 1. The first-order valence-electron chi connectivity index (χ1n) is 4.60. The molecule has 82 valence electrons. The summed E-state index contributed by atoms with van der Waals surface area (Å²) in [6, 6.07) is 5.96. The highest BCUT2D eigenvalue weighted by atomic mass is 19.1. The van der Waals surface area contributed by atoms with Crippen LogP contribution in [0.3, 0.4) is 0 Å². The number of nitriles is 1. The zero-order valence-corrected chi connectivity index (χ0v) is 8.74. The summed E-state index contributed by atoms with van der Waals surface area (Å²) < 4.78 is 17.9. The van der Waals surface area contributed by atoms with E-state index in [-0.39, 0.29) is 12.0 Å². The van der Waals surface area contributed by atoms with E-state index < -0.39 is 11.8 Å². The number of benzene rings is 1. The van der Waals surface area contributed by atoms with Gasteiger partial charge in [-0.05, 0) is 12.1 Å². The second kappa shape index (κ2) is 5.66. The van der Waals surface area contributed by atoms with Crippen LogP contribution in [0.5, 0.6) is 0 Å². The summed E-state index contributed by atoms with van der Waals surface area (Å²) in [5.74, 6) is -1.09. The number of halogens is 1. The molecule has 0 aliphatic rings. The number of methoxy groups -OCH3 is 1. The Hall–Kier alpha value is -2.15. The van der Waals surface area contributed by atoms with Crippen molar-refractivity contribution in [3.8, 4) is 6.07 Å². The van der Waals surface area contributed by atoms with Crippen molar-refractivity contribution in [1.29, 1.82) is 5.26 Å². The molecule has 0 bridgehead atoms. The summed E-state index contributed by atoms with van der Waals surface area (Å²) >= 11 is 0. The Morgan fingerprint density at radius 3 is 2.94 bits per heavy atom. The Morgan fingerprint density at radius 2 is 2.38 bits per heavy atom. The molecular weight excluding hydrogens is 209 g/mol. The second-order valence-electron chi connectivity index (χ2n) is 2.99. The maximum Gasteiger partial charge on any atom is 0.337 e. The van der Waals surface area contributed by atoms with Crippen molar-refractivity contribution < 1.29 is 13.9 Å². The van der Waals surface area contributed by atoms with E-state index in [9.17, 15) is 9.18 Å². The van der Waals surface area contributed by atoms with Gasteiger partial charge in [0.15, 0.2) is 0 Å². The lowest BCUT2D eigenvalue weighted by Crippen LogP contribution is -2.01. The number of allylic oxidation sites excluding steroid dienone is 1. The predicted octanol–water partition coefficient (Wildman–Crippen LogP) is 2.54. The average molecular weight is 219 g/mol. The van der Waals surface area contributed by atoms with Crippen molar-refractivity contribution in [2.45, 2.75) is 6.42 Å². The standard InChI is InChI=1S/C12H10FNO2/c1-16-12(15)10-6-5-9(11(13)8-10)4-2-3-7-14/h2,4-6,8H,3H2,1H3. The minimum atomic E-state index is -0.577. The fourth-order valence-corrected chi connectivity index (χ4v) is 1.15. The van der Waals surface area contributed by atoms with E-state index in [2.05, 4.69) is 4.74 Å². The Balaban J connectivity index is 2.92. The van der Waals surface area contributed by atoms with E-state index >= 15 is 0 Å².